The molecule has 1 aromatic rings. The molecule has 0 saturated carbocycles. The third kappa shape index (κ3) is 2.98. The highest BCUT2D eigenvalue weighted by molar-refractivity contribution is 5.77. The monoisotopic (exact) mass is 253 g/mol. The van der Waals surface area contributed by atoms with E-state index in [1.807, 2.05) is 0 Å². The van der Waals surface area contributed by atoms with Crippen molar-refractivity contribution in [3.05, 3.63) is 30.1 Å². The fourth-order valence-corrected chi connectivity index (χ4v) is 1.92. The van der Waals surface area contributed by atoms with Crippen LogP contribution in [0, 0.1) is 5.82 Å². The Bertz CT molecular complexity index is 440. The van der Waals surface area contributed by atoms with Crippen molar-refractivity contribution in [2.75, 3.05) is 19.7 Å². The van der Waals surface area contributed by atoms with Crippen LogP contribution in [0.2, 0.25) is 0 Å². The number of carbonyl (C=O) groups is 1. The zero-order chi connectivity index (χ0) is 13.2. The number of ether oxygens (including phenoxy) is 1. The van der Waals surface area contributed by atoms with Crippen LogP contribution in [0.3, 0.4) is 0 Å². The van der Waals surface area contributed by atoms with Gasteiger partial charge in [0.15, 0.2) is 11.6 Å². The van der Waals surface area contributed by atoms with E-state index < -0.39 is 11.4 Å². The van der Waals surface area contributed by atoms with Gasteiger partial charge in [0.2, 0.25) is 5.91 Å². The van der Waals surface area contributed by atoms with E-state index >= 15 is 0 Å². The van der Waals surface area contributed by atoms with Crippen molar-refractivity contribution in [1.29, 1.82) is 0 Å². The van der Waals surface area contributed by atoms with Gasteiger partial charge in [-0.1, -0.05) is 12.1 Å². The molecule has 1 amide bonds. The van der Waals surface area contributed by atoms with Crippen molar-refractivity contribution in [3.8, 4) is 5.75 Å². The Morgan fingerprint density at radius 3 is 2.78 bits per heavy atom. The first kappa shape index (κ1) is 12.8. The molecule has 0 radical (unpaired) electrons. The second-order valence-corrected chi connectivity index (χ2v) is 4.78. The first-order valence-electron chi connectivity index (χ1n) is 5.85. The second kappa shape index (κ2) is 4.94. The third-order valence-corrected chi connectivity index (χ3v) is 2.83. The number of nitrogens with zero attached hydrogens (tertiary/aromatic N) is 1. The number of halogens is 1. The summed E-state index contributed by atoms with van der Waals surface area (Å²) >= 11 is 0. The van der Waals surface area contributed by atoms with Crippen molar-refractivity contribution in [2.24, 2.45) is 0 Å². The average Bonchev–Trinajstić information content (AvgIpc) is 2.28. The molecule has 0 aromatic heterocycles. The van der Waals surface area contributed by atoms with Gasteiger partial charge in [-0.3, -0.25) is 4.79 Å². The molecule has 0 spiro atoms. The Morgan fingerprint density at radius 2 is 2.17 bits per heavy atom. The fourth-order valence-electron chi connectivity index (χ4n) is 1.92. The Hall–Kier alpha value is -1.62. The summed E-state index contributed by atoms with van der Waals surface area (Å²) in [6, 6.07) is 6.08. The van der Waals surface area contributed by atoms with E-state index in [1.165, 1.54) is 12.1 Å². The molecule has 1 aliphatic rings. The predicted molar refractivity (Wildman–Crippen MR) is 63.7 cm³/mol. The average molecular weight is 253 g/mol. The van der Waals surface area contributed by atoms with Crippen LogP contribution < -0.4 is 4.74 Å². The van der Waals surface area contributed by atoms with Gasteiger partial charge >= 0.3 is 0 Å². The standard InChI is InChI=1S/C13H16FNO3/c1-13(17)8-15(9-13)12(16)6-7-18-11-5-3-2-4-10(11)14/h2-5,17H,6-9H2,1H3. The molecule has 18 heavy (non-hydrogen) atoms. The molecule has 5 heteroatoms. The smallest absolute Gasteiger partial charge is 0.226 e. The van der Waals surface area contributed by atoms with Crippen LogP contribution in [0.25, 0.3) is 0 Å². The minimum atomic E-state index is -0.762. The number of aliphatic hydroxyl groups is 1. The van der Waals surface area contributed by atoms with Crippen molar-refractivity contribution in [1.82, 2.24) is 4.90 Å². The van der Waals surface area contributed by atoms with Crippen LogP contribution in [0.5, 0.6) is 5.75 Å². The number of hydrogen-bond donors (Lipinski definition) is 1. The predicted octanol–water partition coefficient (Wildman–Crippen LogP) is 1.19. The van der Waals surface area contributed by atoms with Crippen molar-refractivity contribution >= 4 is 5.91 Å². The van der Waals surface area contributed by atoms with Crippen LogP contribution >= 0.6 is 0 Å². The first-order chi connectivity index (χ1) is 8.48. The first-order valence-corrected chi connectivity index (χ1v) is 5.85. The molecule has 4 nitrogen and oxygen atoms in total. The molecular formula is C13H16FNO3. The number of likely N-dealkylation sites (tertiary alicyclic amines) is 1. The molecule has 1 fully saturated rings. The van der Waals surface area contributed by atoms with Crippen molar-refractivity contribution in [3.63, 3.8) is 0 Å². The van der Waals surface area contributed by atoms with E-state index in [9.17, 15) is 14.3 Å². The summed E-state index contributed by atoms with van der Waals surface area (Å²) in [6.07, 6.45) is 0.185. The number of benzene rings is 1. The van der Waals surface area contributed by atoms with Crippen LogP contribution in [0.15, 0.2) is 24.3 Å². The maximum absolute atomic E-state index is 13.2. The van der Waals surface area contributed by atoms with E-state index in [0.717, 1.165) is 0 Å². The number of amides is 1. The molecule has 1 aliphatic heterocycles. The molecule has 2 rings (SSSR count). The molecule has 1 heterocycles. The highest BCUT2D eigenvalue weighted by atomic mass is 19.1. The van der Waals surface area contributed by atoms with Crippen molar-refractivity contribution < 1.29 is 19.0 Å². The molecule has 0 aliphatic carbocycles. The topological polar surface area (TPSA) is 49.8 Å². The maximum Gasteiger partial charge on any atom is 0.226 e. The lowest BCUT2D eigenvalue weighted by molar-refractivity contribution is -0.152. The quantitative estimate of drug-likeness (QED) is 0.876. The molecule has 1 aromatic carbocycles. The number of rotatable bonds is 4. The Morgan fingerprint density at radius 1 is 1.50 bits per heavy atom. The summed E-state index contributed by atoms with van der Waals surface area (Å²) in [7, 11) is 0. The summed E-state index contributed by atoms with van der Waals surface area (Å²) in [4.78, 5) is 13.2. The number of carbonyl (C=O) groups excluding carboxylic acids is 1. The minimum Gasteiger partial charge on any atom is -0.490 e. The normalized spacial score (nSPS) is 17.2. The largest absolute Gasteiger partial charge is 0.490 e. The van der Waals surface area contributed by atoms with Gasteiger partial charge in [0, 0.05) is 0 Å². The van der Waals surface area contributed by atoms with E-state index in [0.29, 0.717) is 13.1 Å². The van der Waals surface area contributed by atoms with Crippen LogP contribution in [-0.2, 0) is 4.79 Å². The Kier molecular flexibility index (Phi) is 3.52. The highest BCUT2D eigenvalue weighted by Crippen LogP contribution is 2.21. The highest BCUT2D eigenvalue weighted by Gasteiger charge is 2.38. The van der Waals surface area contributed by atoms with Crippen molar-refractivity contribution in [2.45, 2.75) is 18.9 Å². The lowest BCUT2D eigenvalue weighted by atomic mass is 9.97. The maximum atomic E-state index is 13.2. The minimum absolute atomic E-state index is 0.0853. The lowest BCUT2D eigenvalue weighted by Crippen LogP contribution is -2.61. The zero-order valence-electron chi connectivity index (χ0n) is 10.2. The second-order valence-electron chi connectivity index (χ2n) is 4.78. The summed E-state index contributed by atoms with van der Waals surface area (Å²) in [5, 5.41) is 9.50. The van der Waals surface area contributed by atoms with Gasteiger partial charge in [-0.2, -0.15) is 0 Å². The molecule has 0 atom stereocenters. The molecule has 0 bridgehead atoms. The van der Waals surface area contributed by atoms with Crippen LogP contribution in [-0.4, -0.2) is 41.2 Å². The van der Waals surface area contributed by atoms with Gasteiger partial charge in [0.25, 0.3) is 0 Å². The summed E-state index contributed by atoms with van der Waals surface area (Å²) in [5.74, 6) is -0.365. The van der Waals surface area contributed by atoms with Gasteiger partial charge < -0.3 is 14.7 Å². The van der Waals surface area contributed by atoms with E-state index in [2.05, 4.69) is 0 Å². The molecular weight excluding hydrogens is 237 g/mol. The van der Waals surface area contributed by atoms with E-state index in [4.69, 9.17) is 4.74 Å². The summed E-state index contributed by atoms with van der Waals surface area (Å²) in [5.41, 5.74) is -0.762. The van der Waals surface area contributed by atoms with Gasteiger partial charge in [-0.05, 0) is 19.1 Å². The van der Waals surface area contributed by atoms with Gasteiger partial charge in [0.1, 0.15) is 0 Å². The fraction of sp³-hybridized carbons (Fsp3) is 0.462. The zero-order valence-corrected chi connectivity index (χ0v) is 10.2. The van der Waals surface area contributed by atoms with Crippen LogP contribution in [0.1, 0.15) is 13.3 Å². The van der Waals surface area contributed by atoms with Gasteiger partial charge in [-0.25, -0.2) is 4.39 Å². The molecule has 1 N–H and O–H groups in total. The molecule has 98 valence electrons. The summed E-state index contributed by atoms with van der Waals surface area (Å²) < 4.78 is 18.4. The Balaban J connectivity index is 1.73. The van der Waals surface area contributed by atoms with Gasteiger partial charge in [0.05, 0.1) is 31.7 Å². The number of para-hydroxylation sites is 1. The Labute approximate surface area is 105 Å². The molecule has 0 unspecified atom stereocenters. The number of hydrogen-bond acceptors (Lipinski definition) is 3. The third-order valence-electron chi connectivity index (χ3n) is 2.83. The van der Waals surface area contributed by atoms with E-state index in [1.54, 1.807) is 24.0 Å². The lowest BCUT2D eigenvalue weighted by Gasteiger charge is -2.44. The summed E-state index contributed by atoms with van der Waals surface area (Å²) in [6.45, 7) is 2.53. The number of β-amino-alcohol motifs (C(OH)–C–C–N with tert-alkyl or cyclic N) is 1. The van der Waals surface area contributed by atoms with Gasteiger partial charge in [-0.15, -0.1) is 0 Å². The molecule has 1 saturated heterocycles. The van der Waals surface area contributed by atoms with Crippen LogP contribution in [0.4, 0.5) is 4.39 Å². The SMILES string of the molecule is CC1(O)CN(C(=O)CCOc2ccccc2F)C1. The van der Waals surface area contributed by atoms with E-state index in [-0.39, 0.29) is 24.7 Å².